The maximum absolute atomic E-state index is 14.4. The summed E-state index contributed by atoms with van der Waals surface area (Å²) in [5, 5.41) is 17.0. The van der Waals surface area contributed by atoms with Gasteiger partial charge in [-0.05, 0) is 68.9 Å². The quantitative estimate of drug-likeness (QED) is 0.312. The summed E-state index contributed by atoms with van der Waals surface area (Å²) in [4.78, 5) is 25.9. The highest BCUT2D eigenvalue weighted by Crippen LogP contribution is 2.46. The van der Waals surface area contributed by atoms with Gasteiger partial charge in [0.25, 0.3) is 0 Å². The molecule has 6 rings (SSSR count). The Kier molecular flexibility index (Phi) is 6.99. The van der Waals surface area contributed by atoms with Gasteiger partial charge < -0.3 is 24.6 Å². The second-order valence-electron chi connectivity index (χ2n) is 10.4. The fourth-order valence-corrected chi connectivity index (χ4v) is 6.35. The molecule has 0 spiro atoms. The normalized spacial score (nSPS) is 22.2. The van der Waals surface area contributed by atoms with Gasteiger partial charge in [-0.1, -0.05) is 34.4 Å². The zero-order valence-electron chi connectivity index (χ0n) is 20.8. The summed E-state index contributed by atoms with van der Waals surface area (Å²) in [7, 11) is 0. The predicted molar refractivity (Wildman–Crippen MR) is 143 cm³/mol. The van der Waals surface area contributed by atoms with Crippen molar-refractivity contribution in [3.8, 4) is 11.3 Å². The zero-order chi connectivity index (χ0) is 27.3. The number of hydrogen-bond acceptors (Lipinski definition) is 5. The van der Waals surface area contributed by atoms with Crippen LogP contribution in [-0.4, -0.2) is 45.4 Å². The second kappa shape index (κ2) is 10.4. The number of urea groups is 1. The van der Waals surface area contributed by atoms with E-state index in [0.29, 0.717) is 46.7 Å². The van der Waals surface area contributed by atoms with E-state index in [1.165, 1.54) is 12.1 Å². The molecular formula is C28H26Cl2FN3O5. The van der Waals surface area contributed by atoms with Crippen LogP contribution < -0.4 is 5.32 Å². The van der Waals surface area contributed by atoms with Crippen molar-refractivity contribution in [2.75, 3.05) is 5.32 Å². The molecule has 3 aliphatic rings. The maximum atomic E-state index is 14.4. The smallest absolute Gasteiger partial charge is 0.335 e. The first-order chi connectivity index (χ1) is 18.8. The van der Waals surface area contributed by atoms with E-state index in [0.717, 1.165) is 43.1 Å². The lowest BCUT2D eigenvalue weighted by Crippen LogP contribution is -2.50. The van der Waals surface area contributed by atoms with E-state index in [9.17, 15) is 14.0 Å². The molecule has 2 aliphatic heterocycles. The van der Waals surface area contributed by atoms with Crippen molar-refractivity contribution >= 4 is 40.9 Å². The molecule has 8 nitrogen and oxygen atoms in total. The number of rotatable bonds is 7. The molecule has 2 amide bonds. The number of amides is 2. The van der Waals surface area contributed by atoms with Crippen molar-refractivity contribution in [1.29, 1.82) is 0 Å². The van der Waals surface area contributed by atoms with Gasteiger partial charge in [0.05, 0.1) is 34.0 Å². The third-order valence-electron chi connectivity index (χ3n) is 7.81. The van der Waals surface area contributed by atoms with Crippen molar-refractivity contribution < 1.29 is 28.3 Å². The van der Waals surface area contributed by atoms with Gasteiger partial charge in [0.2, 0.25) is 0 Å². The molecule has 3 heterocycles. The van der Waals surface area contributed by atoms with Crippen LogP contribution in [0, 0.1) is 5.82 Å². The molecule has 1 saturated carbocycles. The van der Waals surface area contributed by atoms with E-state index in [2.05, 4.69) is 10.5 Å². The first kappa shape index (κ1) is 26.1. The Morgan fingerprint density at radius 1 is 1.10 bits per heavy atom. The monoisotopic (exact) mass is 573 g/mol. The topological polar surface area (TPSA) is 105 Å². The fraction of sp³-hybridized carbons (Fsp3) is 0.393. The number of carboxylic acids is 1. The predicted octanol–water partition coefficient (Wildman–Crippen LogP) is 7.11. The van der Waals surface area contributed by atoms with Crippen LogP contribution in [0.3, 0.4) is 0 Å². The number of halogens is 3. The van der Waals surface area contributed by atoms with Crippen LogP contribution in [0.4, 0.5) is 14.9 Å². The molecule has 1 aliphatic carbocycles. The van der Waals surface area contributed by atoms with E-state index < -0.39 is 17.8 Å². The minimum Gasteiger partial charge on any atom is -0.478 e. The number of aromatic carboxylic acids is 1. The Morgan fingerprint density at radius 3 is 2.41 bits per heavy atom. The molecule has 2 aromatic carbocycles. The Bertz CT molecular complexity index is 1410. The standard InChI is InChI=1S/C28H26Cl2FN3O5/c29-20-2-1-3-21(30)24(20)25-19(26(39-33-25)14-4-5-14)13-38-18-11-16-7-8-17(12-18)34(16)28(37)32-23-9-6-15(27(35)36)10-22(23)31/h1-3,6,9-10,14,16-18H,4-5,7-8,11-13H2,(H,32,37)(H,35,36)/t16-,17?,18?/m0/s1. The summed E-state index contributed by atoms with van der Waals surface area (Å²) in [6, 6.07) is 8.27. The van der Waals surface area contributed by atoms with Crippen molar-refractivity contribution in [1.82, 2.24) is 10.1 Å². The van der Waals surface area contributed by atoms with Crippen molar-refractivity contribution in [3.05, 3.63) is 69.1 Å². The Morgan fingerprint density at radius 2 is 1.79 bits per heavy atom. The van der Waals surface area contributed by atoms with Gasteiger partial charge in [-0.25, -0.2) is 14.0 Å². The Hall–Kier alpha value is -3.14. The van der Waals surface area contributed by atoms with Crippen molar-refractivity contribution in [3.63, 3.8) is 0 Å². The molecule has 2 unspecified atom stereocenters. The van der Waals surface area contributed by atoms with Gasteiger partial charge in [-0.15, -0.1) is 0 Å². The van der Waals surface area contributed by atoms with Gasteiger partial charge in [0.1, 0.15) is 17.3 Å². The van der Waals surface area contributed by atoms with Crippen LogP contribution in [0.1, 0.15) is 66.1 Å². The summed E-state index contributed by atoms with van der Waals surface area (Å²) in [6.07, 6.45) is 4.96. The maximum Gasteiger partial charge on any atom is 0.335 e. The minimum atomic E-state index is -1.23. The molecule has 2 saturated heterocycles. The number of ether oxygens (including phenoxy) is 1. The van der Waals surface area contributed by atoms with Gasteiger partial charge in [0.15, 0.2) is 0 Å². The van der Waals surface area contributed by atoms with E-state index in [4.69, 9.17) is 37.6 Å². The largest absolute Gasteiger partial charge is 0.478 e. The molecule has 204 valence electrons. The summed E-state index contributed by atoms with van der Waals surface area (Å²) in [6.45, 7) is 0.295. The number of nitrogens with one attached hydrogen (secondary N) is 1. The third-order valence-corrected chi connectivity index (χ3v) is 8.44. The third kappa shape index (κ3) is 5.11. The molecule has 2 N–H and O–H groups in total. The van der Waals surface area contributed by atoms with E-state index in [-0.39, 0.29) is 29.4 Å². The Balaban J connectivity index is 1.14. The highest BCUT2D eigenvalue weighted by atomic mass is 35.5. The number of aromatic nitrogens is 1. The Labute approximate surface area is 234 Å². The van der Waals surface area contributed by atoms with Crippen LogP contribution in [0.15, 0.2) is 40.9 Å². The lowest BCUT2D eigenvalue weighted by atomic mass is 9.99. The van der Waals surface area contributed by atoms with Crippen LogP contribution >= 0.6 is 23.2 Å². The van der Waals surface area contributed by atoms with Crippen LogP contribution in [-0.2, 0) is 11.3 Å². The summed E-state index contributed by atoms with van der Waals surface area (Å²) < 4.78 is 26.5. The van der Waals surface area contributed by atoms with Crippen molar-refractivity contribution in [2.24, 2.45) is 0 Å². The lowest BCUT2D eigenvalue weighted by molar-refractivity contribution is -0.0158. The number of anilines is 1. The van der Waals surface area contributed by atoms with E-state index in [1.807, 2.05) is 0 Å². The molecule has 39 heavy (non-hydrogen) atoms. The average Bonchev–Trinajstić information content (AvgIpc) is 3.60. The number of carbonyl (C=O) groups is 2. The molecule has 3 aromatic rings. The number of nitrogens with zero attached hydrogens (tertiary/aromatic N) is 2. The highest BCUT2D eigenvalue weighted by Gasteiger charge is 2.44. The van der Waals surface area contributed by atoms with Gasteiger partial charge in [0, 0.05) is 29.1 Å². The molecule has 2 bridgehead atoms. The molecule has 1 aromatic heterocycles. The van der Waals surface area contributed by atoms with Gasteiger partial charge >= 0.3 is 12.0 Å². The zero-order valence-corrected chi connectivity index (χ0v) is 22.3. The molecule has 0 radical (unpaired) electrons. The number of carboxylic acid groups (broad SMARTS) is 1. The van der Waals surface area contributed by atoms with Crippen LogP contribution in [0.2, 0.25) is 10.0 Å². The number of benzene rings is 2. The van der Waals surface area contributed by atoms with Gasteiger partial charge in [-0.3, -0.25) is 0 Å². The highest BCUT2D eigenvalue weighted by molar-refractivity contribution is 6.39. The van der Waals surface area contributed by atoms with Gasteiger partial charge in [-0.2, -0.15) is 0 Å². The summed E-state index contributed by atoms with van der Waals surface area (Å²) in [5.74, 6) is -0.887. The van der Waals surface area contributed by atoms with Crippen molar-refractivity contribution in [2.45, 2.75) is 69.2 Å². The minimum absolute atomic E-state index is 0.0436. The second-order valence-corrected chi connectivity index (χ2v) is 11.2. The first-order valence-corrected chi connectivity index (χ1v) is 13.7. The summed E-state index contributed by atoms with van der Waals surface area (Å²) in [5.41, 5.74) is 1.86. The molecular weight excluding hydrogens is 548 g/mol. The summed E-state index contributed by atoms with van der Waals surface area (Å²) >= 11 is 12.9. The molecule has 11 heteroatoms. The number of fused-ring (bicyclic) bond motifs is 2. The van der Waals surface area contributed by atoms with E-state index >= 15 is 0 Å². The number of piperidine rings is 1. The SMILES string of the molecule is O=C(O)c1ccc(NC(=O)N2C3CC[C@H]2CC(OCc2c(-c4c(Cl)cccc4Cl)noc2C2CC2)C3)c(F)c1. The van der Waals surface area contributed by atoms with E-state index in [1.54, 1.807) is 23.1 Å². The average molecular weight is 574 g/mol. The van der Waals surface area contributed by atoms with Crippen LogP contribution in [0.5, 0.6) is 0 Å². The number of carbonyl (C=O) groups excluding carboxylic acids is 1. The number of hydrogen-bond donors (Lipinski definition) is 2. The van der Waals surface area contributed by atoms with Crippen LogP contribution in [0.25, 0.3) is 11.3 Å². The molecule has 3 atom stereocenters. The fourth-order valence-electron chi connectivity index (χ4n) is 5.77. The molecule has 3 fully saturated rings. The lowest BCUT2D eigenvalue weighted by Gasteiger charge is -2.38. The first-order valence-electron chi connectivity index (χ1n) is 13.0.